The highest BCUT2D eigenvalue weighted by Crippen LogP contribution is 2.31. The zero-order valence-electron chi connectivity index (χ0n) is 25.5. The zero-order chi connectivity index (χ0) is 29.3. The predicted molar refractivity (Wildman–Crippen MR) is 173 cm³/mol. The number of hydrogen-bond donors (Lipinski definition) is 0. The summed E-state index contributed by atoms with van der Waals surface area (Å²) in [5.41, 5.74) is 6.12. The van der Waals surface area contributed by atoms with E-state index < -0.39 is 0 Å². The Hall–Kier alpha value is -3.84. The van der Waals surface area contributed by atoms with Crippen LogP contribution in [-0.2, 0) is 4.74 Å². The van der Waals surface area contributed by atoms with Gasteiger partial charge in [0.25, 0.3) is 0 Å². The van der Waals surface area contributed by atoms with Gasteiger partial charge in [-0.05, 0) is 82.9 Å². The Morgan fingerprint density at radius 1 is 0.786 bits per heavy atom. The van der Waals surface area contributed by atoms with Gasteiger partial charge >= 0.3 is 0 Å². The summed E-state index contributed by atoms with van der Waals surface area (Å²) in [6.45, 7) is 14.6. The number of benzene rings is 3. The van der Waals surface area contributed by atoms with Crippen molar-refractivity contribution >= 4 is 23.3 Å². The fourth-order valence-corrected chi connectivity index (χ4v) is 4.95. The summed E-state index contributed by atoms with van der Waals surface area (Å²) < 4.78 is 17.5. The van der Waals surface area contributed by atoms with Crippen LogP contribution < -0.4 is 19.3 Å². The lowest BCUT2D eigenvalue weighted by Gasteiger charge is -2.22. The molecule has 0 aromatic heterocycles. The second-order valence-electron chi connectivity index (χ2n) is 10.9. The summed E-state index contributed by atoms with van der Waals surface area (Å²) in [7, 11) is 0. The van der Waals surface area contributed by atoms with Gasteiger partial charge in [-0.2, -0.15) is 5.10 Å². The van der Waals surface area contributed by atoms with Crippen molar-refractivity contribution in [2.45, 2.75) is 46.6 Å². The molecule has 1 atom stereocenters. The maximum atomic E-state index is 6.11. The Labute approximate surface area is 250 Å². The summed E-state index contributed by atoms with van der Waals surface area (Å²) in [6.07, 6.45) is 4.43. The van der Waals surface area contributed by atoms with Crippen LogP contribution in [0.3, 0.4) is 0 Å². The first-order valence-electron chi connectivity index (χ1n) is 15.4. The molecule has 1 heterocycles. The van der Waals surface area contributed by atoms with Crippen molar-refractivity contribution in [2.75, 3.05) is 55.8 Å². The zero-order valence-corrected chi connectivity index (χ0v) is 25.5. The molecule has 1 aliphatic heterocycles. The van der Waals surface area contributed by atoms with Gasteiger partial charge in [0.1, 0.15) is 29.9 Å². The molecule has 1 aliphatic carbocycles. The number of nitrogens with zero attached hydrogens (tertiary/aromatic N) is 4. The Balaban J connectivity index is 1.43. The summed E-state index contributed by atoms with van der Waals surface area (Å²) in [6, 6.07) is 23.1. The first kappa shape index (κ1) is 29.6. The molecule has 2 aliphatic rings. The van der Waals surface area contributed by atoms with Gasteiger partial charge < -0.3 is 24.0 Å². The second kappa shape index (κ2) is 14.4. The van der Waals surface area contributed by atoms with Gasteiger partial charge in [0.05, 0.1) is 19.4 Å². The van der Waals surface area contributed by atoms with Gasteiger partial charge in [-0.3, -0.25) is 0 Å². The normalized spacial score (nSPS) is 15.9. The van der Waals surface area contributed by atoms with E-state index in [0.29, 0.717) is 12.5 Å². The molecule has 1 unspecified atom stereocenters. The molecular weight excluding hydrogens is 524 g/mol. The van der Waals surface area contributed by atoms with Crippen molar-refractivity contribution in [1.82, 2.24) is 0 Å². The maximum absolute atomic E-state index is 6.11. The highest BCUT2D eigenvalue weighted by atomic mass is 16.6. The van der Waals surface area contributed by atoms with Crippen LogP contribution in [0.5, 0.6) is 11.5 Å². The molecule has 0 spiro atoms. The van der Waals surface area contributed by atoms with Crippen LogP contribution in [0.25, 0.3) is 0 Å². The lowest BCUT2D eigenvalue weighted by Crippen LogP contribution is -2.22. The number of rotatable bonds is 16. The summed E-state index contributed by atoms with van der Waals surface area (Å²) in [4.78, 5) is 4.67. The van der Waals surface area contributed by atoms with Crippen LogP contribution in [0.2, 0.25) is 0 Å². The SMILES string of the molecule is CCN(CC)c1ccc(C(=N/N=C/c2ccc(OCC3CC3)cc2OCC2CO2)c2ccc(N(CC)CC)cc2)cc1. The van der Waals surface area contributed by atoms with Crippen molar-refractivity contribution in [3.8, 4) is 11.5 Å². The third-order valence-corrected chi connectivity index (χ3v) is 7.89. The lowest BCUT2D eigenvalue weighted by atomic mass is 10.0. The monoisotopic (exact) mass is 568 g/mol. The standard InChI is InChI=1S/C35H44N4O3/c1-5-38(6-2)30-16-11-27(12-17-30)35(28-13-18-31(19-14-28)39(7-3)8-4)37-36-22-29-15-20-32(40-23-26-9-10-26)21-34(29)42-25-33-24-41-33/h11-22,26,33H,5-10,23-25H2,1-4H3/b36-22+. The first-order valence-corrected chi connectivity index (χ1v) is 15.4. The Kier molecular flexibility index (Phi) is 10.1. The fraction of sp³-hybridized carbons (Fsp3) is 0.429. The van der Waals surface area contributed by atoms with E-state index in [0.717, 1.165) is 73.3 Å². The Bertz CT molecular complexity index is 1280. The molecule has 0 radical (unpaired) electrons. The summed E-state index contributed by atoms with van der Waals surface area (Å²) >= 11 is 0. The molecule has 5 rings (SSSR count). The molecule has 222 valence electrons. The van der Waals surface area contributed by atoms with Crippen molar-refractivity contribution in [2.24, 2.45) is 16.1 Å². The van der Waals surface area contributed by atoms with Gasteiger partial charge in [-0.15, -0.1) is 5.10 Å². The average molecular weight is 569 g/mol. The molecule has 1 saturated heterocycles. The van der Waals surface area contributed by atoms with Gasteiger partial charge in [-0.25, -0.2) is 0 Å². The predicted octanol–water partition coefficient (Wildman–Crippen LogP) is 6.82. The Morgan fingerprint density at radius 2 is 1.36 bits per heavy atom. The van der Waals surface area contributed by atoms with E-state index in [4.69, 9.17) is 19.3 Å². The second-order valence-corrected chi connectivity index (χ2v) is 10.9. The molecule has 7 heteroatoms. The van der Waals surface area contributed by atoms with E-state index in [-0.39, 0.29) is 6.10 Å². The van der Waals surface area contributed by atoms with Crippen molar-refractivity contribution in [3.63, 3.8) is 0 Å². The fourth-order valence-electron chi connectivity index (χ4n) is 4.95. The van der Waals surface area contributed by atoms with Crippen LogP contribution in [0.1, 0.15) is 57.2 Å². The minimum Gasteiger partial charge on any atom is -0.493 e. The number of hydrogen-bond acceptors (Lipinski definition) is 7. The minimum absolute atomic E-state index is 0.161. The highest BCUT2D eigenvalue weighted by molar-refractivity contribution is 6.13. The van der Waals surface area contributed by atoms with Crippen LogP contribution in [0.15, 0.2) is 76.9 Å². The first-order chi connectivity index (χ1) is 20.6. The van der Waals surface area contributed by atoms with Gasteiger partial charge in [0, 0.05) is 60.3 Å². The van der Waals surface area contributed by atoms with E-state index in [1.54, 1.807) is 6.21 Å². The highest BCUT2D eigenvalue weighted by Gasteiger charge is 2.24. The topological polar surface area (TPSA) is 62.2 Å². The van der Waals surface area contributed by atoms with Crippen LogP contribution in [0.4, 0.5) is 11.4 Å². The van der Waals surface area contributed by atoms with Crippen molar-refractivity contribution < 1.29 is 14.2 Å². The van der Waals surface area contributed by atoms with E-state index in [9.17, 15) is 0 Å². The molecule has 0 N–H and O–H groups in total. The maximum Gasteiger partial charge on any atom is 0.131 e. The summed E-state index contributed by atoms with van der Waals surface area (Å²) in [5.74, 6) is 2.23. The molecule has 7 nitrogen and oxygen atoms in total. The molecule has 0 bridgehead atoms. The smallest absolute Gasteiger partial charge is 0.131 e. The van der Waals surface area contributed by atoms with E-state index in [1.165, 1.54) is 24.2 Å². The number of ether oxygens (including phenoxy) is 3. The Morgan fingerprint density at radius 3 is 1.86 bits per heavy atom. The third-order valence-electron chi connectivity index (χ3n) is 7.89. The number of epoxide rings is 1. The van der Waals surface area contributed by atoms with Crippen LogP contribution in [-0.4, -0.2) is 64.0 Å². The van der Waals surface area contributed by atoms with Crippen LogP contribution >= 0.6 is 0 Å². The summed E-state index contributed by atoms with van der Waals surface area (Å²) in [5, 5.41) is 9.36. The van der Waals surface area contributed by atoms with E-state index >= 15 is 0 Å². The molecule has 1 saturated carbocycles. The lowest BCUT2D eigenvalue weighted by molar-refractivity contribution is 0.259. The van der Waals surface area contributed by atoms with Gasteiger partial charge in [0.15, 0.2) is 0 Å². The van der Waals surface area contributed by atoms with E-state index in [2.05, 4.69) is 91.1 Å². The van der Waals surface area contributed by atoms with Gasteiger partial charge in [0.2, 0.25) is 0 Å². The molecule has 2 fully saturated rings. The minimum atomic E-state index is 0.161. The van der Waals surface area contributed by atoms with E-state index in [1.807, 2.05) is 18.2 Å². The van der Waals surface area contributed by atoms with Crippen molar-refractivity contribution in [1.29, 1.82) is 0 Å². The molecule has 3 aromatic rings. The molecule has 3 aromatic carbocycles. The quantitative estimate of drug-likeness (QED) is 0.108. The number of anilines is 2. The molecule has 0 amide bonds. The molecular formula is C35H44N4O3. The third kappa shape index (κ3) is 7.91. The molecule has 42 heavy (non-hydrogen) atoms. The van der Waals surface area contributed by atoms with Gasteiger partial charge in [-0.1, -0.05) is 24.3 Å². The largest absolute Gasteiger partial charge is 0.493 e. The van der Waals surface area contributed by atoms with Crippen molar-refractivity contribution in [3.05, 3.63) is 83.4 Å². The average Bonchev–Trinajstić information content (AvgIpc) is 3.96. The van der Waals surface area contributed by atoms with Crippen LogP contribution in [0, 0.1) is 5.92 Å².